The van der Waals surface area contributed by atoms with Crippen molar-refractivity contribution < 1.29 is 9.90 Å². The topological polar surface area (TPSA) is 63.3 Å². The van der Waals surface area contributed by atoms with Crippen LogP contribution in [0.15, 0.2) is 6.07 Å². The van der Waals surface area contributed by atoms with Crippen LogP contribution in [-0.2, 0) is 6.42 Å². The summed E-state index contributed by atoms with van der Waals surface area (Å²) in [6.45, 7) is 6.00. The molecule has 0 radical (unpaired) electrons. The first-order valence-electron chi connectivity index (χ1n) is 7.60. The highest BCUT2D eigenvalue weighted by molar-refractivity contribution is 5.91. The first-order valence-corrected chi connectivity index (χ1v) is 7.60. The molecule has 112 valence electrons. The zero-order chi connectivity index (χ0) is 15.1. The molecule has 0 aliphatic carbocycles. The number of nitrogens with two attached hydrogens (primary N) is 1. The third-order valence-electron chi connectivity index (χ3n) is 3.98. The van der Waals surface area contributed by atoms with Gasteiger partial charge in [0.1, 0.15) is 0 Å². The minimum Gasteiger partial charge on any atom is -0.478 e. The molecule has 1 rings (SSSR count). The van der Waals surface area contributed by atoms with Crippen molar-refractivity contribution in [2.45, 2.75) is 65.7 Å². The lowest BCUT2D eigenvalue weighted by Gasteiger charge is -2.14. The Morgan fingerprint density at radius 3 is 2.35 bits per heavy atom. The van der Waals surface area contributed by atoms with Gasteiger partial charge in [0.15, 0.2) is 0 Å². The second-order valence-electron chi connectivity index (χ2n) is 5.58. The van der Waals surface area contributed by atoms with Crippen molar-refractivity contribution in [1.82, 2.24) is 0 Å². The van der Waals surface area contributed by atoms with Crippen LogP contribution in [-0.4, -0.2) is 11.1 Å². The Bertz CT molecular complexity index is 467. The molecule has 0 amide bonds. The van der Waals surface area contributed by atoms with E-state index in [1.807, 2.05) is 13.8 Å². The van der Waals surface area contributed by atoms with Gasteiger partial charge in [0.2, 0.25) is 0 Å². The summed E-state index contributed by atoms with van der Waals surface area (Å²) in [4.78, 5) is 11.4. The molecule has 20 heavy (non-hydrogen) atoms. The molecule has 0 saturated carbocycles. The van der Waals surface area contributed by atoms with E-state index in [1.165, 1.54) is 25.7 Å². The number of carboxylic acids is 1. The largest absolute Gasteiger partial charge is 0.478 e. The smallest absolute Gasteiger partial charge is 0.335 e. The van der Waals surface area contributed by atoms with Crippen LogP contribution < -0.4 is 5.73 Å². The average molecular weight is 277 g/mol. The molecular formula is C17H27NO2. The lowest BCUT2D eigenvalue weighted by atomic mass is 9.92. The van der Waals surface area contributed by atoms with Crippen LogP contribution in [0, 0.1) is 13.8 Å². The highest BCUT2D eigenvalue weighted by Crippen LogP contribution is 2.26. The molecule has 0 atom stereocenters. The van der Waals surface area contributed by atoms with Crippen molar-refractivity contribution in [3.8, 4) is 0 Å². The zero-order valence-electron chi connectivity index (χ0n) is 13.0. The maximum absolute atomic E-state index is 11.4. The summed E-state index contributed by atoms with van der Waals surface area (Å²) in [7, 11) is 0. The first kappa shape index (κ1) is 16.5. The van der Waals surface area contributed by atoms with Crippen LogP contribution in [0.2, 0.25) is 0 Å². The minimum atomic E-state index is -0.850. The molecule has 0 aromatic heterocycles. The molecule has 3 nitrogen and oxygen atoms in total. The van der Waals surface area contributed by atoms with Gasteiger partial charge in [-0.1, -0.05) is 39.0 Å². The Morgan fingerprint density at radius 2 is 1.75 bits per heavy atom. The number of aromatic carboxylic acids is 1. The van der Waals surface area contributed by atoms with E-state index in [0.29, 0.717) is 5.56 Å². The third-order valence-corrected chi connectivity index (χ3v) is 3.98. The number of nitrogen functional groups attached to an aromatic ring is 1. The van der Waals surface area contributed by atoms with E-state index < -0.39 is 5.97 Å². The Kier molecular flexibility index (Phi) is 6.56. The maximum atomic E-state index is 11.4. The minimum absolute atomic E-state index is 0.419. The van der Waals surface area contributed by atoms with Crippen LogP contribution in [0.1, 0.15) is 72.5 Å². The van der Waals surface area contributed by atoms with Gasteiger partial charge in [-0.05, 0) is 49.4 Å². The number of hydrogen-bond acceptors (Lipinski definition) is 2. The number of aryl methyl sites for hydroxylation is 1. The number of rotatable bonds is 8. The van der Waals surface area contributed by atoms with Crippen LogP contribution in [0.3, 0.4) is 0 Å². The summed E-state index contributed by atoms with van der Waals surface area (Å²) in [6, 6.07) is 1.71. The summed E-state index contributed by atoms with van der Waals surface area (Å²) in [5, 5.41) is 9.34. The van der Waals surface area contributed by atoms with Crippen molar-refractivity contribution in [3.63, 3.8) is 0 Å². The summed E-state index contributed by atoms with van der Waals surface area (Å²) in [5.41, 5.74) is 9.89. The SMILES string of the molecule is CCCCCCCCc1c(C(=O)O)cc(C)c(N)c1C. The molecule has 3 heteroatoms. The van der Waals surface area contributed by atoms with E-state index in [2.05, 4.69) is 6.92 Å². The van der Waals surface area contributed by atoms with Gasteiger partial charge in [0, 0.05) is 5.69 Å². The predicted molar refractivity (Wildman–Crippen MR) is 84.4 cm³/mol. The summed E-state index contributed by atoms with van der Waals surface area (Å²) in [5.74, 6) is -0.850. The lowest BCUT2D eigenvalue weighted by molar-refractivity contribution is 0.0695. The van der Waals surface area contributed by atoms with Gasteiger partial charge in [-0.3, -0.25) is 0 Å². The van der Waals surface area contributed by atoms with E-state index in [4.69, 9.17) is 5.73 Å². The third kappa shape index (κ3) is 4.26. The number of benzene rings is 1. The maximum Gasteiger partial charge on any atom is 0.335 e. The normalized spacial score (nSPS) is 10.8. The quantitative estimate of drug-likeness (QED) is 0.543. The molecule has 1 aromatic carbocycles. The molecule has 1 aromatic rings. The van der Waals surface area contributed by atoms with E-state index in [1.54, 1.807) is 6.07 Å². The van der Waals surface area contributed by atoms with Gasteiger partial charge in [-0.15, -0.1) is 0 Å². The molecule has 0 bridgehead atoms. The summed E-state index contributed by atoms with van der Waals surface area (Å²) < 4.78 is 0. The van der Waals surface area contributed by atoms with Gasteiger partial charge in [0.25, 0.3) is 0 Å². The Morgan fingerprint density at radius 1 is 1.15 bits per heavy atom. The summed E-state index contributed by atoms with van der Waals surface area (Å²) in [6.07, 6.45) is 8.05. The molecule has 0 spiro atoms. The fourth-order valence-electron chi connectivity index (χ4n) is 2.64. The molecule has 0 saturated heterocycles. The van der Waals surface area contributed by atoms with E-state index in [-0.39, 0.29) is 0 Å². The van der Waals surface area contributed by atoms with Gasteiger partial charge in [-0.25, -0.2) is 4.79 Å². The highest BCUT2D eigenvalue weighted by atomic mass is 16.4. The van der Waals surface area contributed by atoms with Crippen LogP contribution in [0.4, 0.5) is 5.69 Å². The van der Waals surface area contributed by atoms with Crippen LogP contribution in [0.5, 0.6) is 0 Å². The van der Waals surface area contributed by atoms with E-state index in [9.17, 15) is 9.90 Å². The molecule has 0 aliphatic rings. The van der Waals surface area contributed by atoms with Crippen molar-refractivity contribution in [2.75, 3.05) is 5.73 Å². The Hall–Kier alpha value is -1.51. The number of hydrogen-bond donors (Lipinski definition) is 2. The molecule has 3 N–H and O–H groups in total. The average Bonchev–Trinajstić information content (AvgIpc) is 2.41. The molecule has 0 fully saturated rings. The molecule has 0 aliphatic heterocycles. The fourth-order valence-corrected chi connectivity index (χ4v) is 2.64. The van der Waals surface area contributed by atoms with E-state index >= 15 is 0 Å². The predicted octanol–water partition coefficient (Wildman–Crippen LogP) is 4.49. The molecule has 0 unspecified atom stereocenters. The van der Waals surface area contributed by atoms with Crippen molar-refractivity contribution >= 4 is 11.7 Å². The van der Waals surface area contributed by atoms with Gasteiger partial charge >= 0.3 is 5.97 Å². The Labute approximate surface area is 122 Å². The van der Waals surface area contributed by atoms with Crippen LogP contribution in [0.25, 0.3) is 0 Å². The lowest BCUT2D eigenvalue weighted by Crippen LogP contribution is -2.08. The van der Waals surface area contributed by atoms with Crippen molar-refractivity contribution in [2.24, 2.45) is 0 Å². The van der Waals surface area contributed by atoms with Gasteiger partial charge < -0.3 is 10.8 Å². The van der Waals surface area contributed by atoms with Crippen LogP contribution >= 0.6 is 0 Å². The number of carboxylic acid groups (broad SMARTS) is 1. The van der Waals surface area contributed by atoms with E-state index in [0.717, 1.165) is 41.6 Å². The van der Waals surface area contributed by atoms with Crippen molar-refractivity contribution in [1.29, 1.82) is 0 Å². The fraction of sp³-hybridized carbons (Fsp3) is 0.588. The standard InChI is InChI=1S/C17H27NO2/c1-4-5-6-7-8-9-10-14-13(3)16(18)12(2)11-15(14)17(19)20/h11H,4-10,18H2,1-3H3,(H,19,20). The summed E-state index contributed by atoms with van der Waals surface area (Å²) >= 11 is 0. The molecular weight excluding hydrogens is 250 g/mol. The second kappa shape index (κ2) is 7.93. The Balaban J connectivity index is 2.73. The monoisotopic (exact) mass is 277 g/mol. The van der Waals surface area contributed by atoms with Crippen molar-refractivity contribution in [3.05, 3.63) is 28.3 Å². The zero-order valence-corrected chi connectivity index (χ0v) is 13.0. The number of carbonyl (C=O) groups is 1. The first-order chi connectivity index (χ1) is 9.49. The number of anilines is 1. The molecule has 0 heterocycles. The highest BCUT2D eigenvalue weighted by Gasteiger charge is 2.15. The van der Waals surface area contributed by atoms with Gasteiger partial charge in [-0.2, -0.15) is 0 Å². The number of unbranched alkanes of at least 4 members (excludes halogenated alkanes) is 5. The van der Waals surface area contributed by atoms with Gasteiger partial charge in [0.05, 0.1) is 5.56 Å². The second-order valence-corrected chi connectivity index (χ2v) is 5.58.